The molecular weight excluding hydrogens is 168 g/mol. The second-order valence-electron chi connectivity index (χ2n) is 3.40. The molecule has 12 heavy (non-hydrogen) atoms. The summed E-state index contributed by atoms with van der Waals surface area (Å²) in [6, 6.07) is 3.48. The average Bonchev–Trinajstić information content (AvgIpc) is 2.08. The molecule has 0 aliphatic rings. The van der Waals surface area contributed by atoms with Crippen LogP contribution in [0.1, 0.15) is 27.7 Å². The summed E-state index contributed by atoms with van der Waals surface area (Å²) < 4.78 is 5.83. The molecule has 0 heterocycles. The predicted molar refractivity (Wildman–Crippen MR) is 54.8 cm³/mol. The monoisotopic (exact) mass is 190 g/mol. The third-order valence-electron chi connectivity index (χ3n) is 2.56. The van der Waals surface area contributed by atoms with Gasteiger partial charge in [-0.2, -0.15) is 0 Å². The minimum Gasteiger partial charge on any atom is -0.414 e. The van der Waals surface area contributed by atoms with E-state index in [9.17, 15) is 0 Å². The molecule has 0 radical (unpaired) electrons. The first-order valence-electron chi connectivity index (χ1n) is 4.92. The summed E-state index contributed by atoms with van der Waals surface area (Å²) in [6.07, 6.45) is -0.318. The van der Waals surface area contributed by atoms with Crippen molar-refractivity contribution in [1.82, 2.24) is 0 Å². The minimum atomic E-state index is -1.44. The average molecular weight is 190 g/mol. The Morgan fingerprint density at radius 1 is 1.17 bits per heavy atom. The molecule has 0 aromatic carbocycles. The van der Waals surface area contributed by atoms with Gasteiger partial charge < -0.3 is 9.53 Å². The van der Waals surface area contributed by atoms with Crippen molar-refractivity contribution in [2.24, 2.45) is 0 Å². The summed E-state index contributed by atoms with van der Waals surface area (Å²) in [4.78, 5) is 0. The zero-order valence-corrected chi connectivity index (χ0v) is 9.76. The van der Waals surface area contributed by atoms with Crippen molar-refractivity contribution < 1.29 is 9.53 Å². The Labute approximate surface area is 77.1 Å². The van der Waals surface area contributed by atoms with Gasteiger partial charge in [-0.15, -0.1) is 0 Å². The third-order valence-corrected chi connectivity index (χ3v) is 7.21. The van der Waals surface area contributed by atoms with E-state index in [1.54, 1.807) is 6.92 Å². The normalized spacial score (nSPS) is 14.8. The van der Waals surface area contributed by atoms with Gasteiger partial charge in [0.25, 0.3) is 0 Å². The molecule has 0 rings (SSSR count). The van der Waals surface area contributed by atoms with Gasteiger partial charge in [-0.25, -0.2) is 0 Å². The zero-order chi connectivity index (χ0) is 9.61. The van der Waals surface area contributed by atoms with E-state index < -0.39 is 8.32 Å². The molecular formula is C9H22O2Si. The molecule has 0 amide bonds. The maximum Gasteiger partial charge on any atom is 0.192 e. The molecule has 0 bridgehead atoms. The Morgan fingerprint density at radius 3 is 1.83 bits per heavy atom. The van der Waals surface area contributed by atoms with E-state index in [2.05, 4.69) is 20.8 Å². The molecule has 0 saturated carbocycles. The highest BCUT2D eigenvalue weighted by molar-refractivity contribution is 6.73. The Hall–Kier alpha value is 0.137. The number of hydrogen-bond donors (Lipinski definition) is 1. The Kier molecular flexibility index (Phi) is 5.79. The molecule has 0 saturated heterocycles. The lowest BCUT2D eigenvalue weighted by molar-refractivity contribution is 0.116. The quantitative estimate of drug-likeness (QED) is 0.652. The Morgan fingerprint density at radius 2 is 1.58 bits per heavy atom. The minimum absolute atomic E-state index is 0.318. The first-order chi connectivity index (χ1) is 5.60. The predicted octanol–water partition coefficient (Wildman–Crippen LogP) is 2.39. The molecule has 1 N–H and O–H groups in total. The van der Waals surface area contributed by atoms with E-state index in [0.29, 0.717) is 6.61 Å². The SMILES string of the molecule is CC[Si](CC)(CC)OC[C@@H](C)O. The van der Waals surface area contributed by atoms with Gasteiger partial charge in [-0.1, -0.05) is 20.8 Å². The van der Waals surface area contributed by atoms with Crippen LogP contribution in [0.25, 0.3) is 0 Å². The van der Waals surface area contributed by atoms with Crippen LogP contribution in [0.3, 0.4) is 0 Å². The standard InChI is InChI=1S/C9H22O2Si/c1-5-12(6-2,7-3)11-8-9(4)10/h9-10H,5-8H2,1-4H3/t9-/m1/s1. The summed E-state index contributed by atoms with van der Waals surface area (Å²) in [5, 5.41) is 9.10. The first kappa shape index (κ1) is 12.1. The first-order valence-corrected chi connectivity index (χ1v) is 7.45. The van der Waals surface area contributed by atoms with Crippen molar-refractivity contribution >= 4 is 8.32 Å². The van der Waals surface area contributed by atoms with Crippen LogP contribution in [0, 0.1) is 0 Å². The summed E-state index contributed by atoms with van der Waals surface area (Å²) in [5.41, 5.74) is 0. The van der Waals surface area contributed by atoms with Crippen LogP contribution >= 0.6 is 0 Å². The molecule has 0 spiro atoms. The van der Waals surface area contributed by atoms with Crippen LogP contribution < -0.4 is 0 Å². The van der Waals surface area contributed by atoms with Crippen LogP contribution in [-0.4, -0.2) is 26.1 Å². The number of aliphatic hydroxyl groups excluding tert-OH is 1. The molecule has 74 valence electrons. The lowest BCUT2D eigenvalue weighted by Crippen LogP contribution is -2.37. The van der Waals surface area contributed by atoms with E-state index in [1.807, 2.05) is 0 Å². The summed E-state index contributed by atoms with van der Waals surface area (Å²) in [6.45, 7) is 8.88. The number of aliphatic hydroxyl groups is 1. The van der Waals surface area contributed by atoms with Gasteiger partial charge in [0.2, 0.25) is 0 Å². The largest absolute Gasteiger partial charge is 0.414 e. The van der Waals surface area contributed by atoms with Crippen LogP contribution in [0.4, 0.5) is 0 Å². The number of rotatable bonds is 6. The highest BCUT2D eigenvalue weighted by atomic mass is 28.4. The number of hydrogen-bond acceptors (Lipinski definition) is 2. The zero-order valence-electron chi connectivity index (χ0n) is 8.76. The van der Waals surface area contributed by atoms with Crippen molar-refractivity contribution in [2.75, 3.05) is 6.61 Å². The fraction of sp³-hybridized carbons (Fsp3) is 1.00. The summed E-state index contributed by atoms with van der Waals surface area (Å²) in [5.74, 6) is 0. The topological polar surface area (TPSA) is 29.5 Å². The van der Waals surface area contributed by atoms with Gasteiger partial charge in [-0.05, 0) is 25.1 Å². The molecule has 1 atom stereocenters. The lowest BCUT2D eigenvalue weighted by Gasteiger charge is -2.28. The highest BCUT2D eigenvalue weighted by Gasteiger charge is 2.28. The Balaban J connectivity index is 3.93. The molecule has 0 fully saturated rings. The van der Waals surface area contributed by atoms with Crippen LogP contribution in [0.2, 0.25) is 18.1 Å². The van der Waals surface area contributed by atoms with E-state index in [1.165, 1.54) is 0 Å². The van der Waals surface area contributed by atoms with Crippen molar-refractivity contribution in [2.45, 2.75) is 51.9 Å². The lowest BCUT2D eigenvalue weighted by atomic mass is 10.5. The summed E-state index contributed by atoms with van der Waals surface area (Å²) >= 11 is 0. The maximum atomic E-state index is 9.10. The fourth-order valence-corrected chi connectivity index (χ4v) is 4.06. The second kappa shape index (κ2) is 5.73. The van der Waals surface area contributed by atoms with Crippen molar-refractivity contribution in [1.29, 1.82) is 0 Å². The van der Waals surface area contributed by atoms with Gasteiger partial charge in [0.1, 0.15) is 0 Å². The van der Waals surface area contributed by atoms with Crippen molar-refractivity contribution in [3.63, 3.8) is 0 Å². The molecule has 0 aromatic heterocycles. The molecule has 2 nitrogen and oxygen atoms in total. The van der Waals surface area contributed by atoms with Crippen molar-refractivity contribution in [3.8, 4) is 0 Å². The maximum absolute atomic E-state index is 9.10. The van der Waals surface area contributed by atoms with Gasteiger partial charge in [0.15, 0.2) is 8.32 Å². The van der Waals surface area contributed by atoms with Gasteiger partial charge in [0, 0.05) is 0 Å². The highest BCUT2D eigenvalue weighted by Crippen LogP contribution is 2.21. The fourth-order valence-electron chi connectivity index (χ4n) is 1.35. The van der Waals surface area contributed by atoms with E-state index in [4.69, 9.17) is 9.53 Å². The van der Waals surface area contributed by atoms with Gasteiger partial charge in [-0.3, -0.25) is 0 Å². The van der Waals surface area contributed by atoms with E-state index >= 15 is 0 Å². The summed E-state index contributed by atoms with van der Waals surface area (Å²) in [7, 11) is -1.44. The molecule has 0 aliphatic heterocycles. The van der Waals surface area contributed by atoms with E-state index in [-0.39, 0.29) is 6.10 Å². The van der Waals surface area contributed by atoms with Crippen LogP contribution in [0.5, 0.6) is 0 Å². The Bertz CT molecular complexity index is 103. The van der Waals surface area contributed by atoms with E-state index in [0.717, 1.165) is 18.1 Å². The van der Waals surface area contributed by atoms with Gasteiger partial charge >= 0.3 is 0 Å². The van der Waals surface area contributed by atoms with Gasteiger partial charge in [0.05, 0.1) is 12.7 Å². The third kappa shape index (κ3) is 3.69. The molecule has 3 heteroatoms. The second-order valence-corrected chi connectivity index (χ2v) is 8.18. The smallest absolute Gasteiger partial charge is 0.192 e. The molecule has 0 aliphatic carbocycles. The molecule has 0 aromatic rings. The van der Waals surface area contributed by atoms with Crippen LogP contribution in [0.15, 0.2) is 0 Å². The van der Waals surface area contributed by atoms with Crippen molar-refractivity contribution in [3.05, 3.63) is 0 Å². The molecule has 0 unspecified atom stereocenters. The van der Waals surface area contributed by atoms with Crippen LogP contribution in [-0.2, 0) is 4.43 Å².